The monoisotopic (exact) mass is 1380 g/mol. The molecule has 0 unspecified atom stereocenters. The normalized spacial score (nSPS) is 12.7. The van der Waals surface area contributed by atoms with Crippen LogP contribution < -0.4 is 26.2 Å². The van der Waals surface area contributed by atoms with Crippen molar-refractivity contribution in [1.29, 1.82) is 0 Å². The number of benzene rings is 17. The third-order valence-electron chi connectivity index (χ3n) is 23.1. The number of para-hydroxylation sites is 2. The standard InChI is InChI=1S/C104H78BN3/c1-103(2,3)73-62-86(68-35-14-8-15-36-68)101(87(63-73)69-37-16-9-17-38-69)107-94-53-32-54-95-100(94)105(90-59-55-72(61-96(90)107)98-81-47-24-26-49-83(81)99(84-50-27-25-48-82(84)98)85-58-57-76(67-33-12-7-13-34-67)77-43-22-23-44-78(77)85)91-60-56-75(106-92-51-30-28-45-79(92)80-46-29-31-52-93(80)106)66-97(91)108(95)102-88(70-39-18-10-19-40-70)64-74(104(4,5)6)65-89(102)71-41-20-11-21-42-71/h7-66H,1-6H3. The Labute approximate surface area is 632 Å². The Balaban J connectivity index is 0.921. The Morgan fingerprint density at radius 1 is 0.231 bits per heavy atom. The molecule has 18 aromatic rings. The number of aromatic nitrogens is 1. The van der Waals surface area contributed by atoms with Crippen LogP contribution >= 0.6 is 0 Å². The quantitative estimate of drug-likeness (QED) is 0.0999. The lowest BCUT2D eigenvalue weighted by Crippen LogP contribution is -2.61. The second kappa shape index (κ2) is 25.4. The molecule has 2 aliphatic rings. The molecule has 1 aromatic heterocycles. The van der Waals surface area contributed by atoms with E-state index < -0.39 is 0 Å². The molecule has 20 rings (SSSR count). The van der Waals surface area contributed by atoms with Crippen LogP contribution in [-0.2, 0) is 10.8 Å². The fourth-order valence-corrected chi connectivity index (χ4v) is 18.0. The molecule has 512 valence electrons. The van der Waals surface area contributed by atoms with Gasteiger partial charge in [-0.25, -0.2) is 0 Å². The van der Waals surface area contributed by atoms with E-state index in [0.717, 1.165) is 67.6 Å². The molecule has 4 heteroatoms. The van der Waals surface area contributed by atoms with E-state index in [9.17, 15) is 0 Å². The van der Waals surface area contributed by atoms with E-state index >= 15 is 0 Å². The van der Waals surface area contributed by atoms with Gasteiger partial charge in [0.05, 0.1) is 22.4 Å². The fraction of sp³-hybridized carbons (Fsp3) is 0.0769. The summed E-state index contributed by atoms with van der Waals surface area (Å²) in [6.45, 7) is 13.9. The zero-order chi connectivity index (χ0) is 72.5. The van der Waals surface area contributed by atoms with Gasteiger partial charge in [0.2, 0.25) is 0 Å². The molecule has 0 bridgehead atoms. The van der Waals surface area contributed by atoms with Crippen LogP contribution in [0, 0.1) is 0 Å². The minimum Gasteiger partial charge on any atom is -0.310 e. The molecular formula is C104H78BN3. The van der Waals surface area contributed by atoms with Gasteiger partial charge in [-0.3, -0.25) is 0 Å². The highest BCUT2D eigenvalue weighted by molar-refractivity contribution is 7.00. The van der Waals surface area contributed by atoms with Crippen LogP contribution in [0.4, 0.5) is 34.1 Å². The highest BCUT2D eigenvalue weighted by atomic mass is 15.2. The smallest absolute Gasteiger partial charge is 0.252 e. The predicted molar refractivity (Wildman–Crippen MR) is 463 cm³/mol. The van der Waals surface area contributed by atoms with Crippen LogP contribution in [-0.4, -0.2) is 11.3 Å². The zero-order valence-electron chi connectivity index (χ0n) is 61.6. The summed E-state index contributed by atoms with van der Waals surface area (Å²) in [5.41, 5.74) is 32.6. The van der Waals surface area contributed by atoms with Crippen LogP contribution in [0.3, 0.4) is 0 Å². The highest BCUT2D eigenvalue weighted by Gasteiger charge is 2.46. The van der Waals surface area contributed by atoms with Crippen molar-refractivity contribution >= 4 is 111 Å². The number of rotatable bonds is 10. The van der Waals surface area contributed by atoms with Gasteiger partial charge < -0.3 is 14.4 Å². The lowest BCUT2D eigenvalue weighted by Gasteiger charge is -2.46. The van der Waals surface area contributed by atoms with E-state index in [4.69, 9.17) is 0 Å². The number of hydrogen-bond acceptors (Lipinski definition) is 2. The molecule has 2 aliphatic heterocycles. The van der Waals surface area contributed by atoms with Crippen molar-refractivity contribution in [2.75, 3.05) is 9.80 Å². The van der Waals surface area contributed by atoms with E-state index in [2.05, 4.69) is 420 Å². The molecule has 108 heavy (non-hydrogen) atoms. The second-order valence-electron chi connectivity index (χ2n) is 31.4. The minimum atomic E-state index is -0.235. The molecule has 17 aromatic carbocycles. The Morgan fingerprint density at radius 2 is 0.565 bits per heavy atom. The van der Waals surface area contributed by atoms with Gasteiger partial charge in [-0.05, 0) is 193 Å². The molecule has 0 spiro atoms. The number of anilines is 6. The summed E-state index contributed by atoms with van der Waals surface area (Å²) in [4.78, 5) is 5.40. The van der Waals surface area contributed by atoms with Gasteiger partial charge in [0.15, 0.2) is 0 Å². The molecule has 0 N–H and O–H groups in total. The lowest BCUT2D eigenvalue weighted by atomic mass is 9.33. The molecule has 0 aliphatic carbocycles. The van der Waals surface area contributed by atoms with Crippen LogP contribution in [0.2, 0.25) is 0 Å². The van der Waals surface area contributed by atoms with E-state index in [0.29, 0.717) is 0 Å². The Kier molecular flexibility index (Phi) is 15.2. The van der Waals surface area contributed by atoms with Crippen molar-refractivity contribution in [3.05, 3.63) is 375 Å². The first kappa shape index (κ1) is 64.6. The molecule has 3 heterocycles. The summed E-state index contributed by atoms with van der Waals surface area (Å²) >= 11 is 0. The van der Waals surface area contributed by atoms with Crippen LogP contribution in [0.1, 0.15) is 52.7 Å². The minimum absolute atomic E-state index is 0.185. The maximum absolute atomic E-state index is 2.71. The van der Waals surface area contributed by atoms with Crippen molar-refractivity contribution in [2.45, 2.75) is 52.4 Å². The number of nitrogens with zero attached hydrogens (tertiary/aromatic N) is 3. The molecule has 0 fully saturated rings. The molecular weight excluding hydrogens is 1300 g/mol. The topological polar surface area (TPSA) is 11.4 Å². The van der Waals surface area contributed by atoms with Crippen LogP contribution in [0.25, 0.3) is 138 Å². The van der Waals surface area contributed by atoms with Crippen LogP contribution in [0.15, 0.2) is 364 Å². The Bertz CT molecular complexity index is 6390. The van der Waals surface area contributed by atoms with Gasteiger partial charge in [-0.1, -0.05) is 339 Å². The molecule has 0 saturated carbocycles. The summed E-state index contributed by atoms with van der Waals surface area (Å²) in [5, 5.41) is 9.75. The molecule has 0 saturated heterocycles. The predicted octanol–water partition coefficient (Wildman–Crippen LogP) is 26.6. The number of hydrogen-bond donors (Lipinski definition) is 0. The lowest BCUT2D eigenvalue weighted by molar-refractivity contribution is 0.590. The summed E-state index contributed by atoms with van der Waals surface area (Å²) < 4.78 is 2.50. The fourth-order valence-electron chi connectivity index (χ4n) is 18.0. The molecule has 0 radical (unpaired) electrons. The van der Waals surface area contributed by atoms with Gasteiger partial charge in [0, 0.05) is 61.5 Å². The third kappa shape index (κ3) is 10.4. The average molecular weight is 1380 g/mol. The first-order valence-corrected chi connectivity index (χ1v) is 38.0. The maximum atomic E-state index is 2.71. The van der Waals surface area contributed by atoms with E-state index in [1.165, 1.54) is 132 Å². The Hall–Kier alpha value is -13.0. The van der Waals surface area contributed by atoms with Crippen molar-refractivity contribution in [3.63, 3.8) is 0 Å². The summed E-state index contributed by atoms with van der Waals surface area (Å²) in [7, 11) is 0. The highest BCUT2D eigenvalue weighted by Crippen LogP contribution is 2.56. The van der Waals surface area contributed by atoms with Crippen molar-refractivity contribution in [3.8, 4) is 83.6 Å². The van der Waals surface area contributed by atoms with E-state index in [1.807, 2.05) is 0 Å². The SMILES string of the molecule is CC(C)(C)c1cc(-c2ccccc2)c(N2c3cc(-c4c5ccccc5c(-c5ccc(-c6ccccc6)c6ccccc56)c5ccccc45)ccc3B3c4ccc(-n5c6ccccc6c6ccccc65)cc4N(c4c(-c5ccccc5)cc(C(C)(C)C)cc4-c4ccccc4)c4cccc2c43)c(-c2ccccc2)c1. The van der Waals surface area contributed by atoms with Crippen molar-refractivity contribution in [1.82, 2.24) is 4.57 Å². The molecule has 3 nitrogen and oxygen atoms in total. The zero-order valence-corrected chi connectivity index (χ0v) is 61.6. The van der Waals surface area contributed by atoms with Crippen molar-refractivity contribution < 1.29 is 0 Å². The average Bonchev–Trinajstić information content (AvgIpc) is 0.736. The van der Waals surface area contributed by atoms with Gasteiger partial charge >= 0.3 is 0 Å². The Morgan fingerprint density at radius 3 is 0.981 bits per heavy atom. The molecule has 0 atom stereocenters. The first-order valence-electron chi connectivity index (χ1n) is 38.0. The maximum Gasteiger partial charge on any atom is 0.252 e. The third-order valence-corrected chi connectivity index (χ3v) is 23.1. The van der Waals surface area contributed by atoms with Gasteiger partial charge in [-0.2, -0.15) is 0 Å². The van der Waals surface area contributed by atoms with Gasteiger partial charge in [-0.15, -0.1) is 0 Å². The first-order chi connectivity index (χ1) is 52.9. The summed E-state index contributed by atoms with van der Waals surface area (Å²) in [6, 6.07) is 138. The van der Waals surface area contributed by atoms with Crippen LogP contribution in [0.5, 0.6) is 0 Å². The van der Waals surface area contributed by atoms with Crippen molar-refractivity contribution in [2.24, 2.45) is 0 Å². The van der Waals surface area contributed by atoms with Gasteiger partial charge in [0.25, 0.3) is 6.71 Å². The van der Waals surface area contributed by atoms with Gasteiger partial charge in [0.1, 0.15) is 0 Å². The summed E-state index contributed by atoms with van der Waals surface area (Å²) in [5.74, 6) is 0. The number of fused-ring (bicyclic) bond motifs is 10. The van der Waals surface area contributed by atoms with E-state index in [-0.39, 0.29) is 17.5 Å². The summed E-state index contributed by atoms with van der Waals surface area (Å²) in [6.07, 6.45) is 0. The molecule has 0 amide bonds. The largest absolute Gasteiger partial charge is 0.310 e. The second-order valence-corrected chi connectivity index (χ2v) is 31.4. The van der Waals surface area contributed by atoms with E-state index in [1.54, 1.807) is 0 Å².